The van der Waals surface area contributed by atoms with E-state index in [1.807, 2.05) is 52.8 Å². The SMILES string of the molecule is CC[C@H]1C[C@H](C)[C@@]2(NC1=O)O[C@@H](C[C@H](O)[C@@H](C)CC/C=C/C=C(\C)C1C/C=C/C=C/[C@H](O)[C@H](C)[C@@H](O)[C@@H](CCC(C)=O)C(=O)N[C@@H](C(C)C)C(=O)NC(Cc3cccc(O)c3)C(=O)N3CCC[C@H](N3)C(=O)O1)[C@H](C)[C@H](O)[C@@H]2C. The largest absolute Gasteiger partial charge is 0.508 e. The number of hydrogen-bond acceptors (Lipinski definition) is 14. The number of aliphatic hydroxyl groups excluding tert-OH is 4. The van der Waals surface area contributed by atoms with Crippen LogP contribution in [0.25, 0.3) is 0 Å². The number of ether oxygens (including phenoxy) is 2. The Labute approximate surface area is 461 Å². The molecule has 1 aromatic carbocycles. The highest BCUT2D eigenvalue weighted by Gasteiger charge is 2.57. The average Bonchev–Trinajstić information content (AvgIpc) is 3.51. The number of piperidine rings is 1. The molecule has 0 aromatic heterocycles. The first kappa shape index (κ1) is 63.6. The lowest BCUT2D eigenvalue weighted by Gasteiger charge is -2.56. The van der Waals surface area contributed by atoms with Crippen molar-refractivity contribution < 1.29 is 63.8 Å². The zero-order valence-electron chi connectivity index (χ0n) is 47.6. The van der Waals surface area contributed by atoms with E-state index >= 15 is 0 Å². The Bertz CT molecular complexity index is 2340. The van der Waals surface area contributed by atoms with Gasteiger partial charge in [-0.2, -0.15) is 0 Å². The summed E-state index contributed by atoms with van der Waals surface area (Å²) >= 11 is 0. The van der Waals surface area contributed by atoms with Crippen LogP contribution in [0.4, 0.5) is 0 Å². The lowest BCUT2D eigenvalue weighted by Crippen LogP contribution is -2.71. The highest BCUT2D eigenvalue weighted by atomic mass is 16.5. The Balaban J connectivity index is 1.35. The Morgan fingerprint density at radius 3 is 2.36 bits per heavy atom. The van der Waals surface area contributed by atoms with Crippen molar-refractivity contribution in [3.8, 4) is 5.75 Å². The van der Waals surface area contributed by atoms with E-state index in [-0.39, 0.29) is 79.3 Å². The van der Waals surface area contributed by atoms with Crippen LogP contribution in [-0.2, 0) is 44.7 Å². The molecule has 0 aliphatic carbocycles. The number of benzene rings is 1. The third-order valence-electron chi connectivity index (χ3n) is 16.9. The van der Waals surface area contributed by atoms with Gasteiger partial charge < -0.3 is 55.8 Å². The van der Waals surface area contributed by atoms with Crippen molar-refractivity contribution in [2.75, 3.05) is 6.54 Å². The molecule has 0 radical (unpaired) electrons. The number of nitrogens with one attached hydrogen (secondary N) is 4. The number of nitrogens with zero attached hydrogens (tertiary/aromatic N) is 1. The molecule has 4 amide bonds. The van der Waals surface area contributed by atoms with Crippen molar-refractivity contribution in [1.29, 1.82) is 0 Å². The first-order valence-electron chi connectivity index (χ1n) is 28.4. The summed E-state index contributed by atoms with van der Waals surface area (Å²) in [6, 6.07) is 2.90. The number of hydrogen-bond donors (Lipinski definition) is 9. The Morgan fingerprint density at radius 1 is 0.949 bits per heavy atom. The number of ketones is 1. The molecule has 2 bridgehead atoms. The summed E-state index contributed by atoms with van der Waals surface area (Å²) in [5.74, 6) is -6.33. The molecule has 1 spiro atoms. The molecule has 5 rings (SSSR count). The molecule has 434 valence electrons. The number of rotatable bonds is 15. The number of cyclic esters (lactones) is 1. The number of carbonyl (C=O) groups excluding carboxylic acids is 6. The first-order chi connectivity index (χ1) is 36.9. The smallest absolute Gasteiger partial charge is 0.325 e. The van der Waals surface area contributed by atoms with Crippen LogP contribution in [-0.4, -0.2) is 133 Å². The fourth-order valence-electron chi connectivity index (χ4n) is 11.3. The second kappa shape index (κ2) is 29.3. The van der Waals surface area contributed by atoms with Crippen LogP contribution < -0.4 is 21.4 Å². The molecule has 17 atom stereocenters. The minimum atomic E-state index is -1.43. The maximum Gasteiger partial charge on any atom is 0.325 e. The van der Waals surface area contributed by atoms with Crippen LogP contribution in [0.2, 0.25) is 0 Å². The molecule has 1 aromatic rings. The zero-order valence-corrected chi connectivity index (χ0v) is 47.6. The van der Waals surface area contributed by atoms with Gasteiger partial charge in [-0.25, -0.2) is 5.43 Å². The minimum absolute atomic E-state index is 0.0254. The monoisotopic (exact) mass is 1090 g/mol. The predicted octanol–water partition coefficient (Wildman–Crippen LogP) is 5.41. The number of aromatic hydroxyl groups is 1. The number of fused-ring (bicyclic) bond motifs is 2. The van der Waals surface area contributed by atoms with Gasteiger partial charge in [-0.15, -0.1) is 0 Å². The van der Waals surface area contributed by atoms with E-state index in [0.29, 0.717) is 49.7 Å². The number of aliphatic hydroxyl groups is 4. The number of allylic oxidation sites excluding steroid dienone is 5. The van der Waals surface area contributed by atoms with E-state index < -0.39 is 102 Å². The van der Waals surface area contributed by atoms with Crippen molar-refractivity contribution in [1.82, 2.24) is 26.4 Å². The van der Waals surface area contributed by atoms with Crippen LogP contribution in [0.1, 0.15) is 139 Å². The van der Waals surface area contributed by atoms with Gasteiger partial charge in [0.25, 0.3) is 5.91 Å². The molecule has 3 fully saturated rings. The fourth-order valence-corrected chi connectivity index (χ4v) is 11.3. The third kappa shape index (κ3) is 16.7. The van der Waals surface area contributed by atoms with Gasteiger partial charge in [0, 0.05) is 61.8 Å². The van der Waals surface area contributed by atoms with Crippen molar-refractivity contribution in [3.05, 3.63) is 77.9 Å². The second-order valence-corrected chi connectivity index (χ2v) is 23.2. The molecular formula is C60H91N5O13. The Hall–Kier alpha value is -5.24. The predicted molar refractivity (Wildman–Crippen MR) is 295 cm³/mol. The number of Topliss-reactive ketones (excluding diaryl/α,β-unsaturated/α-hetero) is 1. The molecule has 2 unspecified atom stereocenters. The van der Waals surface area contributed by atoms with Crippen LogP contribution in [0.15, 0.2) is 72.4 Å². The van der Waals surface area contributed by atoms with Gasteiger partial charge in [0.2, 0.25) is 17.7 Å². The molecule has 18 heteroatoms. The van der Waals surface area contributed by atoms with Gasteiger partial charge in [-0.1, -0.05) is 110 Å². The van der Waals surface area contributed by atoms with Crippen LogP contribution in [0.5, 0.6) is 5.75 Å². The lowest BCUT2D eigenvalue weighted by molar-refractivity contribution is -0.267. The van der Waals surface area contributed by atoms with Crippen molar-refractivity contribution in [2.45, 2.75) is 200 Å². The maximum absolute atomic E-state index is 14.5. The van der Waals surface area contributed by atoms with Crippen molar-refractivity contribution in [3.63, 3.8) is 0 Å². The molecule has 4 aliphatic heterocycles. The molecule has 4 aliphatic rings. The fraction of sp³-hybridized carbons (Fsp3) is 0.667. The summed E-state index contributed by atoms with van der Waals surface area (Å²) < 4.78 is 12.9. The molecular weight excluding hydrogens is 999 g/mol. The lowest BCUT2D eigenvalue weighted by atomic mass is 9.69. The number of amides is 4. The van der Waals surface area contributed by atoms with Gasteiger partial charge in [-0.3, -0.25) is 29.0 Å². The van der Waals surface area contributed by atoms with Crippen molar-refractivity contribution >= 4 is 35.4 Å². The summed E-state index contributed by atoms with van der Waals surface area (Å²) in [7, 11) is 0. The normalized spacial score (nSPS) is 34.9. The van der Waals surface area contributed by atoms with Gasteiger partial charge in [-0.05, 0) is 93.9 Å². The summed E-state index contributed by atoms with van der Waals surface area (Å²) in [6.45, 7) is 18.3. The van der Waals surface area contributed by atoms with Gasteiger partial charge in [0.15, 0.2) is 0 Å². The quantitative estimate of drug-likeness (QED) is 0.0786. The number of hydrazine groups is 1. The first-order valence-corrected chi connectivity index (χ1v) is 28.4. The molecule has 4 heterocycles. The molecule has 0 saturated carbocycles. The van der Waals surface area contributed by atoms with Crippen molar-refractivity contribution in [2.24, 2.45) is 47.3 Å². The summed E-state index contributed by atoms with van der Waals surface area (Å²) in [5.41, 5.74) is 3.27. The second-order valence-electron chi connectivity index (χ2n) is 23.2. The molecule has 9 N–H and O–H groups in total. The summed E-state index contributed by atoms with van der Waals surface area (Å²) in [6.07, 6.45) is 10.6. The minimum Gasteiger partial charge on any atom is -0.508 e. The topological polar surface area (TPSA) is 273 Å². The van der Waals surface area contributed by atoms with E-state index in [0.717, 1.165) is 6.42 Å². The van der Waals surface area contributed by atoms with Crippen LogP contribution >= 0.6 is 0 Å². The van der Waals surface area contributed by atoms with Gasteiger partial charge in [0.05, 0.1) is 36.4 Å². The summed E-state index contributed by atoms with van der Waals surface area (Å²) in [4.78, 5) is 82.2. The number of esters is 1. The van der Waals surface area contributed by atoms with E-state index in [4.69, 9.17) is 9.47 Å². The summed E-state index contributed by atoms with van der Waals surface area (Å²) in [5, 5.41) is 66.1. The van der Waals surface area contributed by atoms with E-state index in [1.165, 1.54) is 30.1 Å². The van der Waals surface area contributed by atoms with Gasteiger partial charge in [0.1, 0.15) is 41.5 Å². The standard InChI is InChI=1S/C60H91N5O13/c1-11-43-30-37(6)60(63-55(43)72)41(10)53(70)40(9)51(78-60)33-49(69)35(4)20-14-12-15-21-36(5)50-26-17-13-16-25-48(68)39(8)54(71)45(28-27-38(7)66)56(73)62-52(34(2)3)57(74)61-47(32-42-22-18-23-44(67)31-42)58(75)65-29-19-24-46(64-65)59(76)77-50/h12-13,15-18,21-23,25,31,34-35,37,39-41,43,45-54,64,67-71H,11,14,19-20,24,26-30,32-33H2,1-10H3,(H,61,74)(H,62,73)(H,63,72)/b15-12+,17-13+,25-16+,36-21+/t35-,37-,39-,40-,41-,43-,45+,46-,47?,48-,49-,50?,51-,52-,53-,54+,60+/m0/s1. The van der Waals surface area contributed by atoms with Gasteiger partial charge >= 0.3 is 5.97 Å². The Kier molecular flexibility index (Phi) is 23.9. The highest BCUT2D eigenvalue weighted by Crippen LogP contribution is 2.46. The number of phenols is 1. The van der Waals surface area contributed by atoms with Crippen LogP contribution in [0.3, 0.4) is 0 Å². The number of phenolic OH excluding ortho intramolecular Hbond substituents is 1. The van der Waals surface area contributed by atoms with E-state index in [2.05, 4.69) is 28.3 Å². The molecule has 18 nitrogen and oxygen atoms in total. The third-order valence-corrected chi connectivity index (χ3v) is 16.9. The average molecular weight is 1090 g/mol. The maximum atomic E-state index is 14.5. The molecule has 78 heavy (non-hydrogen) atoms. The van der Waals surface area contributed by atoms with Crippen LogP contribution in [0, 0.1) is 47.3 Å². The highest BCUT2D eigenvalue weighted by molar-refractivity contribution is 5.93. The zero-order chi connectivity index (χ0) is 57.6. The van der Waals surface area contributed by atoms with E-state index in [1.54, 1.807) is 51.1 Å². The molecule has 3 saturated heterocycles. The number of carbonyl (C=O) groups is 6. The van der Waals surface area contributed by atoms with E-state index in [9.17, 15) is 54.3 Å². The Morgan fingerprint density at radius 2 is 1.68 bits per heavy atom.